The Morgan fingerprint density at radius 1 is 1.45 bits per heavy atom. The fourth-order valence-corrected chi connectivity index (χ4v) is 1.00. The maximum atomic E-state index is 9.24. The average Bonchev–Trinajstić information content (AvgIpc) is 2.06. The molecule has 0 unspecified atom stereocenters. The van der Waals surface area contributed by atoms with Gasteiger partial charge >= 0.3 is 0 Å². The SMILES string of the molecule is Oc1cncc2c1N=CCN2. The van der Waals surface area contributed by atoms with Crippen LogP contribution in [0.5, 0.6) is 5.75 Å². The lowest BCUT2D eigenvalue weighted by Crippen LogP contribution is -2.06. The number of nitrogens with one attached hydrogen (secondary N) is 1. The van der Waals surface area contributed by atoms with E-state index in [-0.39, 0.29) is 5.75 Å². The molecule has 56 valence electrons. The second-order valence-electron chi connectivity index (χ2n) is 2.25. The number of nitrogens with zero attached hydrogens (tertiary/aromatic N) is 2. The zero-order chi connectivity index (χ0) is 7.68. The van der Waals surface area contributed by atoms with Crippen molar-refractivity contribution in [2.75, 3.05) is 11.9 Å². The van der Waals surface area contributed by atoms with Crippen molar-refractivity contribution in [3.05, 3.63) is 12.4 Å². The number of aromatic hydroxyl groups is 1. The molecule has 0 aromatic carbocycles. The van der Waals surface area contributed by atoms with Crippen LogP contribution in [-0.2, 0) is 0 Å². The lowest BCUT2D eigenvalue weighted by Gasteiger charge is -2.11. The third-order valence-corrected chi connectivity index (χ3v) is 1.50. The predicted octanol–water partition coefficient (Wildman–Crippen LogP) is 0.915. The van der Waals surface area contributed by atoms with Crippen molar-refractivity contribution in [3.63, 3.8) is 0 Å². The van der Waals surface area contributed by atoms with Crippen molar-refractivity contribution in [1.82, 2.24) is 4.98 Å². The number of anilines is 1. The first kappa shape index (κ1) is 6.15. The molecule has 11 heavy (non-hydrogen) atoms. The van der Waals surface area contributed by atoms with Gasteiger partial charge in [0.2, 0.25) is 0 Å². The van der Waals surface area contributed by atoms with Crippen LogP contribution in [0, 0.1) is 0 Å². The third kappa shape index (κ3) is 0.920. The molecule has 1 aliphatic heterocycles. The highest BCUT2D eigenvalue weighted by molar-refractivity contribution is 5.82. The van der Waals surface area contributed by atoms with Crippen LogP contribution in [0.25, 0.3) is 0 Å². The molecular weight excluding hydrogens is 142 g/mol. The van der Waals surface area contributed by atoms with Crippen molar-refractivity contribution in [2.45, 2.75) is 0 Å². The number of fused-ring (bicyclic) bond motifs is 1. The third-order valence-electron chi connectivity index (χ3n) is 1.50. The molecule has 4 nitrogen and oxygen atoms in total. The summed E-state index contributed by atoms with van der Waals surface area (Å²) < 4.78 is 0. The summed E-state index contributed by atoms with van der Waals surface area (Å²) in [6.07, 6.45) is 4.73. The van der Waals surface area contributed by atoms with Crippen LogP contribution in [0.3, 0.4) is 0 Å². The predicted molar refractivity (Wildman–Crippen MR) is 42.5 cm³/mol. The van der Waals surface area contributed by atoms with Crippen LogP contribution < -0.4 is 5.32 Å². The molecule has 2 heterocycles. The summed E-state index contributed by atoms with van der Waals surface area (Å²) in [4.78, 5) is 7.83. The molecule has 0 bridgehead atoms. The van der Waals surface area contributed by atoms with Gasteiger partial charge in [-0.05, 0) is 0 Å². The zero-order valence-electron chi connectivity index (χ0n) is 5.78. The molecule has 2 rings (SSSR count). The van der Waals surface area contributed by atoms with E-state index in [9.17, 15) is 5.11 Å². The van der Waals surface area contributed by atoms with Gasteiger partial charge in [-0.1, -0.05) is 0 Å². The first-order chi connectivity index (χ1) is 5.38. The molecule has 0 radical (unpaired) electrons. The van der Waals surface area contributed by atoms with E-state index >= 15 is 0 Å². The molecule has 2 N–H and O–H groups in total. The summed E-state index contributed by atoms with van der Waals surface area (Å²) in [6, 6.07) is 0. The van der Waals surface area contributed by atoms with Crippen molar-refractivity contribution in [2.24, 2.45) is 4.99 Å². The molecule has 0 spiro atoms. The Kier molecular flexibility index (Phi) is 1.25. The summed E-state index contributed by atoms with van der Waals surface area (Å²) in [5.74, 6) is 0.117. The molecule has 0 saturated heterocycles. The molecule has 0 saturated carbocycles. The Bertz CT molecular complexity index is 309. The Morgan fingerprint density at radius 2 is 2.36 bits per heavy atom. The Morgan fingerprint density at radius 3 is 3.18 bits per heavy atom. The van der Waals surface area contributed by atoms with Crippen molar-refractivity contribution >= 4 is 17.6 Å². The van der Waals surface area contributed by atoms with E-state index in [1.807, 2.05) is 0 Å². The van der Waals surface area contributed by atoms with Crippen LogP contribution >= 0.6 is 0 Å². The van der Waals surface area contributed by atoms with Gasteiger partial charge in [-0.3, -0.25) is 9.98 Å². The zero-order valence-corrected chi connectivity index (χ0v) is 5.78. The minimum absolute atomic E-state index is 0.117. The second-order valence-corrected chi connectivity index (χ2v) is 2.25. The number of aliphatic imine (C=N–C) groups is 1. The Balaban J connectivity index is 2.60. The van der Waals surface area contributed by atoms with E-state index in [4.69, 9.17) is 0 Å². The minimum atomic E-state index is 0.117. The van der Waals surface area contributed by atoms with Gasteiger partial charge in [0.15, 0.2) is 5.75 Å². The Labute approximate surface area is 63.6 Å². The standard InChI is InChI=1S/C7H7N3O/c11-6-4-8-3-5-7(6)10-2-1-9-5/h2-4,9,11H,1H2. The summed E-state index contributed by atoms with van der Waals surface area (Å²) in [5, 5.41) is 12.3. The van der Waals surface area contributed by atoms with Crippen molar-refractivity contribution < 1.29 is 5.11 Å². The minimum Gasteiger partial charge on any atom is -0.504 e. The Hall–Kier alpha value is -1.58. The van der Waals surface area contributed by atoms with Crippen LogP contribution in [0.2, 0.25) is 0 Å². The maximum Gasteiger partial charge on any atom is 0.161 e. The van der Waals surface area contributed by atoms with Gasteiger partial charge in [-0.15, -0.1) is 0 Å². The largest absolute Gasteiger partial charge is 0.504 e. The molecule has 1 aliphatic rings. The number of pyridine rings is 1. The number of hydrogen-bond donors (Lipinski definition) is 2. The van der Waals surface area contributed by atoms with Gasteiger partial charge in [0, 0.05) is 6.21 Å². The number of hydrogen-bond acceptors (Lipinski definition) is 4. The van der Waals surface area contributed by atoms with Crippen LogP contribution in [0.15, 0.2) is 17.4 Å². The fourth-order valence-electron chi connectivity index (χ4n) is 1.00. The number of aromatic nitrogens is 1. The van der Waals surface area contributed by atoms with Gasteiger partial charge in [0.25, 0.3) is 0 Å². The van der Waals surface area contributed by atoms with Gasteiger partial charge in [0.1, 0.15) is 5.69 Å². The molecule has 0 aliphatic carbocycles. The van der Waals surface area contributed by atoms with E-state index in [2.05, 4.69) is 15.3 Å². The van der Waals surface area contributed by atoms with E-state index in [1.165, 1.54) is 6.20 Å². The lowest BCUT2D eigenvalue weighted by atomic mass is 10.3. The second kappa shape index (κ2) is 2.23. The normalized spacial score (nSPS) is 13.8. The van der Waals surface area contributed by atoms with Crippen LogP contribution in [0.4, 0.5) is 11.4 Å². The topological polar surface area (TPSA) is 57.5 Å². The molecule has 0 atom stereocenters. The first-order valence-electron chi connectivity index (χ1n) is 3.31. The molecule has 0 amide bonds. The highest BCUT2D eigenvalue weighted by atomic mass is 16.3. The number of rotatable bonds is 0. The van der Waals surface area contributed by atoms with Crippen molar-refractivity contribution in [3.8, 4) is 5.75 Å². The van der Waals surface area contributed by atoms with E-state index < -0.39 is 0 Å². The molecule has 1 aromatic rings. The lowest BCUT2D eigenvalue weighted by molar-refractivity contribution is 0.474. The fraction of sp³-hybridized carbons (Fsp3) is 0.143. The maximum absolute atomic E-state index is 9.24. The van der Waals surface area contributed by atoms with Crippen LogP contribution in [0.1, 0.15) is 0 Å². The molecule has 1 aromatic heterocycles. The van der Waals surface area contributed by atoms with E-state index in [1.54, 1.807) is 12.4 Å². The van der Waals surface area contributed by atoms with E-state index in [0.29, 0.717) is 12.2 Å². The smallest absolute Gasteiger partial charge is 0.161 e. The summed E-state index contributed by atoms with van der Waals surface area (Å²) in [5.41, 5.74) is 1.36. The highest BCUT2D eigenvalue weighted by Gasteiger charge is 2.08. The summed E-state index contributed by atoms with van der Waals surface area (Å²) in [6.45, 7) is 0.693. The van der Waals surface area contributed by atoms with E-state index in [0.717, 1.165) is 5.69 Å². The van der Waals surface area contributed by atoms with Gasteiger partial charge in [0.05, 0.1) is 24.6 Å². The monoisotopic (exact) mass is 149 g/mol. The van der Waals surface area contributed by atoms with Crippen molar-refractivity contribution in [1.29, 1.82) is 0 Å². The van der Waals surface area contributed by atoms with Gasteiger partial charge in [-0.2, -0.15) is 0 Å². The molecular formula is C7H7N3O. The first-order valence-corrected chi connectivity index (χ1v) is 3.31. The molecule has 4 heteroatoms. The summed E-state index contributed by atoms with van der Waals surface area (Å²) in [7, 11) is 0. The quantitative estimate of drug-likeness (QED) is 0.576. The van der Waals surface area contributed by atoms with Gasteiger partial charge < -0.3 is 10.4 Å². The average molecular weight is 149 g/mol. The summed E-state index contributed by atoms with van der Waals surface area (Å²) >= 11 is 0. The highest BCUT2D eigenvalue weighted by Crippen LogP contribution is 2.33. The van der Waals surface area contributed by atoms with Crippen LogP contribution in [-0.4, -0.2) is 22.8 Å². The van der Waals surface area contributed by atoms with Gasteiger partial charge in [-0.25, -0.2) is 0 Å². The molecule has 0 fully saturated rings.